The predicted octanol–water partition coefficient (Wildman–Crippen LogP) is -4.32. The molecule has 12 heteroatoms. The molecule has 1 aromatic rings. The first kappa shape index (κ1) is 19.1. The SMILES string of the molecule is COc1ccc(CBBBBBBBBBBCS)cc1. The zero-order chi connectivity index (χ0) is 15.2. The number of thiol groups is 1. The molecule has 0 N–H and O–H groups in total. The summed E-state index contributed by atoms with van der Waals surface area (Å²) in [6.07, 6.45) is 1.20. The minimum Gasteiger partial charge on any atom is -0.497 e. The van der Waals surface area contributed by atoms with Gasteiger partial charge in [-0.3, -0.25) is 0 Å². The van der Waals surface area contributed by atoms with E-state index in [9.17, 15) is 0 Å². The molecule has 0 bridgehead atoms. The number of ether oxygens (including phenoxy) is 1. The Morgan fingerprint density at radius 3 is 1.86 bits per heavy atom. The third kappa shape index (κ3) is 10.4. The van der Waals surface area contributed by atoms with E-state index in [-0.39, 0.29) is 0 Å². The Hall–Kier alpha value is 0.0194. The van der Waals surface area contributed by atoms with Crippen LogP contribution in [-0.2, 0) is 6.32 Å². The zero-order valence-electron chi connectivity index (χ0n) is 13.7. The summed E-state index contributed by atoms with van der Waals surface area (Å²) in [5, 5.41) is 0. The minimum absolute atomic E-state index is 0.952. The van der Waals surface area contributed by atoms with Crippen LogP contribution in [0.4, 0.5) is 0 Å². The van der Waals surface area contributed by atoms with E-state index in [1.54, 1.807) is 7.11 Å². The number of hydrogen-bond donors (Lipinski definition) is 1. The lowest BCUT2D eigenvalue weighted by molar-refractivity contribution is 0.414. The largest absolute Gasteiger partial charge is 0.497 e. The van der Waals surface area contributed by atoms with Crippen LogP contribution in [0.25, 0.3) is 0 Å². The monoisotopic (exact) mass is 288 g/mol. The number of methoxy groups -OCH3 is 1. The van der Waals surface area contributed by atoms with Crippen LogP contribution in [0.3, 0.4) is 0 Å². The van der Waals surface area contributed by atoms with Gasteiger partial charge in [0.25, 0.3) is 0 Å². The molecular weight excluding hydrogens is 264 g/mol. The highest BCUT2D eigenvalue weighted by atomic mass is 32.1. The molecule has 0 aromatic heterocycles. The van der Waals surface area contributed by atoms with Crippen LogP contribution in [-0.4, -0.2) is 83.6 Å². The lowest BCUT2D eigenvalue weighted by Crippen LogP contribution is -2.33. The summed E-state index contributed by atoms with van der Waals surface area (Å²) >= 11 is 4.24. The minimum atomic E-state index is 0.952. The molecule has 0 heterocycles. The lowest BCUT2D eigenvalue weighted by atomic mass is 8.88. The molecule has 100 valence electrons. The van der Waals surface area contributed by atoms with Crippen molar-refractivity contribution in [3.8, 4) is 5.75 Å². The molecule has 0 aliphatic heterocycles. The van der Waals surface area contributed by atoms with Crippen LogP contribution >= 0.6 is 12.6 Å². The van der Waals surface area contributed by atoms with Gasteiger partial charge in [0.15, 0.2) is 0 Å². The topological polar surface area (TPSA) is 9.23 Å². The number of benzene rings is 1. The molecule has 21 heavy (non-hydrogen) atoms. The first-order valence-electron chi connectivity index (χ1n) is 8.60. The van der Waals surface area contributed by atoms with Crippen molar-refractivity contribution in [3.63, 3.8) is 0 Å². The normalized spacial score (nSPS) is 8.86. The smallest absolute Gasteiger partial charge is 0.118 e. The predicted molar refractivity (Wildman–Crippen MR) is 122 cm³/mol. The van der Waals surface area contributed by atoms with Crippen molar-refractivity contribution >= 4 is 83.5 Å². The molecule has 0 aliphatic rings. The summed E-state index contributed by atoms with van der Waals surface area (Å²) in [6, 6.07) is 8.49. The lowest BCUT2D eigenvalue weighted by Gasteiger charge is -2.02. The van der Waals surface area contributed by atoms with Gasteiger partial charge in [-0.15, -0.1) is 0 Å². The van der Waals surface area contributed by atoms with Gasteiger partial charge in [0, 0.05) is 56.5 Å². The highest BCUT2D eigenvalue weighted by Gasteiger charge is 2.02. The van der Waals surface area contributed by atoms with Crippen molar-refractivity contribution < 1.29 is 4.74 Å². The van der Waals surface area contributed by atoms with Crippen LogP contribution in [0.5, 0.6) is 5.75 Å². The van der Waals surface area contributed by atoms with E-state index >= 15 is 0 Å². The van der Waals surface area contributed by atoms with Gasteiger partial charge in [0.2, 0.25) is 0 Å². The first-order valence-corrected chi connectivity index (χ1v) is 9.24. The van der Waals surface area contributed by atoms with E-state index in [1.807, 2.05) is 0 Å². The first-order chi connectivity index (χ1) is 10.4. The maximum absolute atomic E-state index is 5.18. The maximum atomic E-state index is 5.18. The third-order valence-corrected chi connectivity index (χ3v) is 4.35. The van der Waals surface area contributed by atoms with Gasteiger partial charge < -0.3 is 4.74 Å². The molecule has 0 radical (unpaired) electrons. The van der Waals surface area contributed by atoms with Gasteiger partial charge in [0.05, 0.1) is 21.5 Å². The van der Waals surface area contributed by atoms with E-state index in [2.05, 4.69) is 36.9 Å². The fourth-order valence-corrected chi connectivity index (χ4v) is 2.87. The van der Waals surface area contributed by atoms with Gasteiger partial charge in [0.1, 0.15) is 5.75 Å². The van der Waals surface area contributed by atoms with Crippen molar-refractivity contribution in [2.24, 2.45) is 0 Å². The molecule has 0 fully saturated rings. The van der Waals surface area contributed by atoms with Gasteiger partial charge in [-0.25, -0.2) is 0 Å². The average Bonchev–Trinajstić information content (AvgIpc) is 2.53. The van der Waals surface area contributed by atoms with E-state index in [0.717, 1.165) is 11.4 Å². The molecule has 0 saturated heterocycles. The molecule has 0 saturated carbocycles. The van der Waals surface area contributed by atoms with E-state index < -0.39 is 0 Å². The van der Waals surface area contributed by atoms with Gasteiger partial charge >= 0.3 is 0 Å². The molecule has 0 atom stereocenters. The Balaban J connectivity index is 1.88. The van der Waals surface area contributed by atoms with Crippen LogP contribution < -0.4 is 4.74 Å². The van der Waals surface area contributed by atoms with Crippen LogP contribution in [0.15, 0.2) is 24.3 Å². The van der Waals surface area contributed by atoms with E-state index in [0.29, 0.717) is 0 Å². The summed E-state index contributed by atoms with van der Waals surface area (Å²) in [5.41, 5.74) is 2.48. The summed E-state index contributed by atoms with van der Waals surface area (Å²) in [6.45, 7) is 0. The highest BCUT2D eigenvalue weighted by Crippen LogP contribution is 2.10. The summed E-state index contributed by atoms with van der Waals surface area (Å²) in [5.74, 6) is 0.952. The second-order valence-electron chi connectivity index (χ2n) is 5.86. The summed E-state index contributed by atoms with van der Waals surface area (Å²) in [7, 11) is 15.5. The van der Waals surface area contributed by atoms with Crippen LogP contribution in [0.2, 0.25) is 0 Å². The fourth-order valence-electron chi connectivity index (χ4n) is 2.65. The second kappa shape index (κ2) is 13.7. The Morgan fingerprint density at radius 2 is 1.33 bits per heavy atom. The number of rotatable bonds is 13. The average molecular weight is 286 g/mol. The van der Waals surface area contributed by atoms with Crippen molar-refractivity contribution in [3.05, 3.63) is 29.8 Å². The standard InChI is InChI=1S/C9H22B10OS/c1-20-9-4-2-8(3-5-9)6-10-12-14-16-18-19-17-15-13-11-7-21/h2-5,10-19,21H,6-7H2,1H3. The Kier molecular flexibility index (Phi) is 12.4. The molecule has 1 rings (SSSR count). The molecule has 1 aromatic carbocycles. The van der Waals surface area contributed by atoms with Crippen molar-refractivity contribution in [2.45, 2.75) is 6.32 Å². The summed E-state index contributed by atoms with van der Waals surface area (Å²) < 4.78 is 5.18. The molecular formula is C9H22B10OS. The van der Waals surface area contributed by atoms with Gasteiger partial charge in [-0.1, -0.05) is 24.0 Å². The Morgan fingerprint density at radius 1 is 0.810 bits per heavy atom. The van der Waals surface area contributed by atoms with Crippen LogP contribution in [0.1, 0.15) is 5.56 Å². The van der Waals surface area contributed by atoms with Gasteiger partial charge in [-0.05, 0) is 17.8 Å². The fraction of sp³-hybridized carbons (Fsp3) is 0.333. The molecule has 0 aliphatic carbocycles. The third-order valence-electron chi connectivity index (χ3n) is 4.03. The van der Waals surface area contributed by atoms with Crippen molar-refractivity contribution in [2.75, 3.05) is 12.8 Å². The van der Waals surface area contributed by atoms with E-state index in [1.165, 1.54) is 82.7 Å². The molecule has 0 amide bonds. The highest BCUT2D eigenvalue weighted by molar-refractivity contribution is 7.83. The van der Waals surface area contributed by atoms with Crippen molar-refractivity contribution in [1.29, 1.82) is 0 Å². The van der Waals surface area contributed by atoms with Crippen molar-refractivity contribution in [1.82, 2.24) is 0 Å². The summed E-state index contributed by atoms with van der Waals surface area (Å²) in [4.78, 5) is 0. The van der Waals surface area contributed by atoms with E-state index in [4.69, 9.17) is 4.74 Å². The molecule has 1 nitrogen and oxygen atoms in total. The quantitative estimate of drug-likeness (QED) is 0.219. The Bertz CT molecular complexity index is 353. The maximum Gasteiger partial charge on any atom is 0.118 e. The number of hydrogen-bond acceptors (Lipinski definition) is 2. The van der Waals surface area contributed by atoms with Gasteiger partial charge in [-0.2, -0.15) is 12.6 Å². The Labute approximate surface area is 143 Å². The second-order valence-corrected chi connectivity index (χ2v) is 6.30. The van der Waals surface area contributed by atoms with Crippen LogP contribution in [0, 0.1) is 0 Å². The zero-order valence-corrected chi connectivity index (χ0v) is 14.5. The molecule has 0 unspecified atom stereocenters. The molecule has 0 spiro atoms.